The highest BCUT2D eigenvalue weighted by Crippen LogP contribution is 2.45. The molecule has 5 unspecified atom stereocenters. The summed E-state index contributed by atoms with van der Waals surface area (Å²) in [7, 11) is -9.80. The molecular formula is C81H138O16P2. The lowest BCUT2D eigenvalue weighted by molar-refractivity contribution is -0.161. The standard InChI is InChI=1S/C81H138O16P2/c1-4-7-10-13-16-19-22-25-28-31-33-35-36-37-38-40-42-44-46-49-52-55-58-61-64-67-79(84)91-70-76(82)71-93-98(87,88)94-72-77(83)73-95-99(89,90)96-75-78(97-81(86)69-66-63-60-57-54-51-48-43-30-27-24-21-18-15-12-9-6-3)74-92-80(85)68-65-62-59-56-53-50-47-45-41-39-34-32-29-26-23-20-17-14-11-8-5-2/h9,12,16-21,25-30,33-35,37-39,45,47,76-78,82-83H,4-8,10-11,13-15,22-24,31-32,36,40-44,46,48-75H2,1-3H3,(H,87,88)(H,89,90)/b12-9-,19-16-,20-17-,21-18-,28-25-,29-26-,30-27-,35-33-,38-37-,39-34-,47-45-. The number of rotatable bonds is 72. The van der Waals surface area contributed by atoms with Crippen LogP contribution in [0.1, 0.15) is 303 Å². The Morgan fingerprint density at radius 2 is 0.535 bits per heavy atom. The maximum absolute atomic E-state index is 13.0. The molecular weight excluding hydrogens is 1290 g/mol. The van der Waals surface area contributed by atoms with Crippen molar-refractivity contribution in [3.8, 4) is 0 Å². The first-order chi connectivity index (χ1) is 48.2. The van der Waals surface area contributed by atoms with Crippen LogP contribution in [0.25, 0.3) is 0 Å². The Kier molecular flexibility index (Phi) is 70.2. The number of carbonyl (C=O) groups is 3. The van der Waals surface area contributed by atoms with Gasteiger partial charge in [0.25, 0.3) is 0 Å². The predicted molar refractivity (Wildman–Crippen MR) is 408 cm³/mol. The molecule has 18 heteroatoms. The van der Waals surface area contributed by atoms with E-state index in [2.05, 4.69) is 154 Å². The highest BCUT2D eigenvalue weighted by molar-refractivity contribution is 7.47. The Morgan fingerprint density at radius 3 is 0.848 bits per heavy atom. The summed E-state index contributed by atoms with van der Waals surface area (Å²) in [6, 6.07) is 0. The molecule has 0 aliphatic rings. The third kappa shape index (κ3) is 74.7. The summed E-state index contributed by atoms with van der Waals surface area (Å²) in [5.41, 5.74) is 0. The molecule has 0 aromatic rings. The number of hydrogen-bond donors (Lipinski definition) is 4. The third-order valence-corrected chi connectivity index (χ3v) is 17.7. The molecule has 0 spiro atoms. The van der Waals surface area contributed by atoms with Crippen molar-refractivity contribution >= 4 is 33.6 Å². The number of phosphoric ester groups is 2. The molecule has 0 aromatic carbocycles. The fourth-order valence-electron chi connectivity index (χ4n) is 9.96. The molecule has 0 fully saturated rings. The summed E-state index contributed by atoms with van der Waals surface area (Å²) >= 11 is 0. The van der Waals surface area contributed by atoms with Gasteiger partial charge in [-0.05, 0) is 141 Å². The Bertz CT molecular complexity index is 2330. The number of aliphatic hydroxyl groups excluding tert-OH is 2. The molecule has 0 saturated heterocycles. The smallest absolute Gasteiger partial charge is 0.463 e. The highest BCUT2D eigenvalue weighted by atomic mass is 31.2. The van der Waals surface area contributed by atoms with E-state index in [1.165, 1.54) is 77.0 Å². The van der Waals surface area contributed by atoms with Gasteiger partial charge >= 0.3 is 33.6 Å². The number of aliphatic hydroxyl groups is 2. The van der Waals surface area contributed by atoms with Gasteiger partial charge in [0.05, 0.1) is 26.4 Å². The molecule has 0 aromatic heterocycles. The fraction of sp³-hybridized carbons (Fsp3) is 0.691. The van der Waals surface area contributed by atoms with Crippen molar-refractivity contribution in [2.24, 2.45) is 0 Å². The zero-order chi connectivity index (χ0) is 72.3. The molecule has 0 amide bonds. The summed E-state index contributed by atoms with van der Waals surface area (Å²) in [6.45, 7) is 2.48. The first-order valence-electron chi connectivity index (χ1n) is 38.5. The van der Waals surface area contributed by atoms with Crippen LogP contribution in [0, 0.1) is 0 Å². The van der Waals surface area contributed by atoms with Crippen LogP contribution in [0.2, 0.25) is 0 Å². The van der Waals surface area contributed by atoms with E-state index in [1.807, 2.05) is 0 Å². The van der Waals surface area contributed by atoms with Gasteiger partial charge in [0.2, 0.25) is 0 Å². The summed E-state index contributed by atoms with van der Waals surface area (Å²) in [5.74, 6) is -1.61. The Hall–Kier alpha value is -4.31. The van der Waals surface area contributed by atoms with Crippen molar-refractivity contribution in [3.63, 3.8) is 0 Å². The first-order valence-corrected chi connectivity index (χ1v) is 41.5. The Morgan fingerprint density at radius 1 is 0.293 bits per heavy atom. The summed E-state index contributed by atoms with van der Waals surface area (Å²) in [5, 5.41) is 20.6. The highest BCUT2D eigenvalue weighted by Gasteiger charge is 2.29. The van der Waals surface area contributed by atoms with E-state index < -0.39 is 91.5 Å². The number of phosphoric acid groups is 2. The molecule has 99 heavy (non-hydrogen) atoms. The molecule has 16 nitrogen and oxygen atoms in total. The maximum Gasteiger partial charge on any atom is 0.472 e. The van der Waals surface area contributed by atoms with Crippen molar-refractivity contribution < 1.29 is 75.8 Å². The molecule has 0 rings (SSSR count). The monoisotopic (exact) mass is 1430 g/mol. The van der Waals surface area contributed by atoms with E-state index in [-0.39, 0.29) is 19.3 Å². The molecule has 0 aliphatic carbocycles. The minimum Gasteiger partial charge on any atom is -0.463 e. The molecule has 568 valence electrons. The number of unbranched alkanes of at least 4 members (excludes halogenated alkanes) is 27. The van der Waals surface area contributed by atoms with E-state index in [1.54, 1.807) is 0 Å². The lowest BCUT2D eigenvalue weighted by Gasteiger charge is -2.21. The van der Waals surface area contributed by atoms with Crippen LogP contribution in [0.15, 0.2) is 134 Å². The van der Waals surface area contributed by atoms with E-state index in [0.29, 0.717) is 19.3 Å². The van der Waals surface area contributed by atoms with Gasteiger partial charge in [-0.1, -0.05) is 276 Å². The average Bonchev–Trinajstić information content (AvgIpc) is 2.04. The first kappa shape index (κ1) is 94.7. The van der Waals surface area contributed by atoms with Crippen molar-refractivity contribution in [1.82, 2.24) is 0 Å². The van der Waals surface area contributed by atoms with Crippen LogP contribution < -0.4 is 0 Å². The fourth-order valence-corrected chi connectivity index (χ4v) is 11.5. The quantitative estimate of drug-likeness (QED) is 0.0146. The second-order valence-corrected chi connectivity index (χ2v) is 28.3. The van der Waals surface area contributed by atoms with Gasteiger partial charge in [-0.2, -0.15) is 0 Å². The van der Waals surface area contributed by atoms with Gasteiger partial charge in [-0.25, -0.2) is 9.13 Å². The second-order valence-electron chi connectivity index (χ2n) is 25.4. The van der Waals surface area contributed by atoms with E-state index in [9.17, 15) is 43.5 Å². The number of ether oxygens (including phenoxy) is 3. The molecule has 0 radical (unpaired) electrons. The zero-order valence-electron chi connectivity index (χ0n) is 61.9. The van der Waals surface area contributed by atoms with Crippen molar-refractivity contribution in [1.29, 1.82) is 0 Å². The van der Waals surface area contributed by atoms with Crippen LogP contribution >= 0.6 is 15.6 Å². The number of hydrogen-bond acceptors (Lipinski definition) is 14. The lowest BCUT2D eigenvalue weighted by Crippen LogP contribution is -2.30. The summed E-state index contributed by atoms with van der Waals surface area (Å²) < 4.78 is 61.1. The molecule has 0 heterocycles. The van der Waals surface area contributed by atoms with E-state index >= 15 is 0 Å². The van der Waals surface area contributed by atoms with Gasteiger partial charge in [-0.15, -0.1) is 0 Å². The van der Waals surface area contributed by atoms with E-state index in [0.717, 1.165) is 167 Å². The van der Waals surface area contributed by atoms with Crippen LogP contribution in [-0.2, 0) is 55.8 Å². The largest absolute Gasteiger partial charge is 0.472 e. The summed E-state index contributed by atoms with van der Waals surface area (Å²) in [6.07, 6.45) is 87.7. The van der Waals surface area contributed by atoms with Gasteiger partial charge in [-0.3, -0.25) is 32.5 Å². The van der Waals surface area contributed by atoms with Crippen LogP contribution in [-0.4, -0.2) is 95.9 Å². The maximum atomic E-state index is 13.0. The number of allylic oxidation sites excluding steroid dienone is 22. The normalized spacial score (nSPS) is 14.8. The minimum absolute atomic E-state index is 0.0852. The third-order valence-electron chi connectivity index (χ3n) is 15.8. The zero-order valence-corrected chi connectivity index (χ0v) is 63.7. The summed E-state index contributed by atoms with van der Waals surface area (Å²) in [4.78, 5) is 58.6. The topological polar surface area (TPSA) is 231 Å². The van der Waals surface area contributed by atoms with Crippen LogP contribution in [0.4, 0.5) is 0 Å². The van der Waals surface area contributed by atoms with Crippen molar-refractivity contribution in [3.05, 3.63) is 134 Å². The van der Waals surface area contributed by atoms with Gasteiger partial charge in [0.1, 0.15) is 25.4 Å². The average molecular weight is 1430 g/mol. The van der Waals surface area contributed by atoms with Crippen LogP contribution in [0.5, 0.6) is 0 Å². The van der Waals surface area contributed by atoms with Crippen LogP contribution in [0.3, 0.4) is 0 Å². The van der Waals surface area contributed by atoms with Crippen molar-refractivity contribution in [2.75, 3.05) is 39.6 Å². The number of carbonyl (C=O) groups excluding carboxylic acids is 3. The number of esters is 3. The predicted octanol–water partition coefficient (Wildman–Crippen LogP) is 22.3. The van der Waals surface area contributed by atoms with Gasteiger partial charge in [0.15, 0.2) is 6.10 Å². The SMILES string of the molecule is CC/C=C\C/C=C\C/C=C\CCCCCCCCCC(=O)OC(COC(=O)CCCCCCC/C=C\C/C=C\C/C=C\C/C=C\CCCCC)COP(=O)(O)OCC(O)COP(=O)(O)OCC(O)COC(=O)CCCCCCCCCCC/C=C\C/C=C\C/C=C\C/C=C\CCCCC. The molecule has 0 bridgehead atoms. The Balaban J connectivity index is 4.66. The Labute approximate surface area is 601 Å². The van der Waals surface area contributed by atoms with Crippen molar-refractivity contribution in [2.45, 2.75) is 322 Å². The van der Waals surface area contributed by atoms with Gasteiger partial charge < -0.3 is 34.2 Å². The van der Waals surface area contributed by atoms with E-state index in [4.69, 9.17) is 32.3 Å². The molecule has 5 atom stereocenters. The minimum atomic E-state index is -4.94. The second kappa shape index (κ2) is 73.4. The molecule has 4 N–H and O–H groups in total. The van der Waals surface area contributed by atoms with Gasteiger partial charge in [0, 0.05) is 19.3 Å². The molecule has 0 aliphatic heterocycles. The lowest BCUT2D eigenvalue weighted by atomic mass is 10.1. The molecule has 0 saturated carbocycles.